The van der Waals surface area contributed by atoms with Crippen LogP contribution in [0.15, 0.2) is 34.9 Å². The Balaban J connectivity index is 1.51. The first-order valence-electron chi connectivity index (χ1n) is 8.78. The Morgan fingerprint density at radius 1 is 1.19 bits per heavy atom. The fourth-order valence-corrected chi connectivity index (χ4v) is 3.66. The largest absolute Gasteiger partial charge is 0.337 e. The molecule has 26 heavy (non-hydrogen) atoms. The molecular weight excluding hydrogens is 354 g/mol. The summed E-state index contributed by atoms with van der Waals surface area (Å²) >= 11 is 0. The summed E-state index contributed by atoms with van der Waals surface area (Å²) in [7, 11) is -3.37. The highest BCUT2D eigenvalue weighted by atomic mass is 32.2. The molecule has 1 fully saturated rings. The van der Waals surface area contributed by atoms with Gasteiger partial charge in [-0.25, -0.2) is 13.6 Å². The van der Waals surface area contributed by atoms with Crippen molar-refractivity contribution in [1.29, 1.82) is 0 Å². The Labute approximate surface area is 154 Å². The second kappa shape index (κ2) is 8.26. The van der Waals surface area contributed by atoms with Crippen LogP contribution in [0.3, 0.4) is 0 Å². The number of nitrogens with zero attached hydrogens (tertiary/aromatic N) is 4. The molecule has 0 aliphatic carbocycles. The van der Waals surface area contributed by atoms with Crippen molar-refractivity contribution in [3.05, 3.63) is 36.2 Å². The van der Waals surface area contributed by atoms with Gasteiger partial charge in [-0.3, -0.25) is 4.90 Å². The Bertz CT molecular complexity index is 801. The SMILES string of the molecule is CC(c1nc(-c2ccccc2)no1)N1CCN(CCCS(N)(=O)=O)CC1. The van der Waals surface area contributed by atoms with Crippen LogP contribution in [0.5, 0.6) is 0 Å². The average Bonchev–Trinajstić information content (AvgIpc) is 3.11. The smallest absolute Gasteiger partial charge is 0.244 e. The fourth-order valence-electron chi connectivity index (χ4n) is 3.13. The molecule has 0 radical (unpaired) electrons. The van der Waals surface area contributed by atoms with Crippen molar-refractivity contribution < 1.29 is 12.9 Å². The summed E-state index contributed by atoms with van der Waals surface area (Å²) in [4.78, 5) is 9.10. The molecule has 2 aromatic rings. The summed E-state index contributed by atoms with van der Waals surface area (Å²) < 4.78 is 27.5. The molecule has 2 N–H and O–H groups in total. The number of rotatable bonds is 7. The number of nitrogens with two attached hydrogens (primary N) is 1. The molecule has 1 aromatic heterocycles. The fraction of sp³-hybridized carbons (Fsp3) is 0.529. The molecule has 1 aliphatic heterocycles. The van der Waals surface area contributed by atoms with Crippen LogP contribution in [-0.2, 0) is 10.0 Å². The molecule has 1 unspecified atom stereocenters. The van der Waals surface area contributed by atoms with Crippen molar-refractivity contribution in [3.63, 3.8) is 0 Å². The van der Waals surface area contributed by atoms with Crippen molar-refractivity contribution in [2.75, 3.05) is 38.5 Å². The summed E-state index contributed by atoms with van der Waals surface area (Å²) in [5.41, 5.74) is 0.939. The van der Waals surface area contributed by atoms with E-state index in [1.54, 1.807) is 0 Å². The zero-order valence-electron chi connectivity index (χ0n) is 14.9. The molecular formula is C17H25N5O3S. The van der Waals surface area contributed by atoms with Gasteiger partial charge in [0.15, 0.2) is 0 Å². The van der Waals surface area contributed by atoms with Crippen LogP contribution in [0.2, 0.25) is 0 Å². The zero-order valence-corrected chi connectivity index (χ0v) is 15.7. The maximum atomic E-state index is 11.0. The molecule has 0 spiro atoms. The third-order valence-electron chi connectivity index (χ3n) is 4.69. The van der Waals surface area contributed by atoms with Crippen molar-refractivity contribution in [1.82, 2.24) is 19.9 Å². The van der Waals surface area contributed by atoms with E-state index in [0.717, 1.165) is 38.3 Å². The monoisotopic (exact) mass is 379 g/mol. The summed E-state index contributed by atoms with van der Waals surface area (Å²) in [6.45, 7) is 6.33. The Hall–Kier alpha value is -1.81. The molecule has 1 saturated heterocycles. The average molecular weight is 379 g/mol. The molecule has 8 nitrogen and oxygen atoms in total. The standard InChI is InChI=1S/C17H25N5O3S/c1-14(17-19-16(20-25-17)15-6-3-2-4-7-15)22-11-9-21(10-12-22)8-5-13-26(18,23)24/h2-4,6-7,14H,5,8-13H2,1H3,(H2,18,23,24). The molecule has 3 rings (SSSR count). The lowest BCUT2D eigenvalue weighted by molar-refractivity contribution is 0.0885. The van der Waals surface area contributed by atoms with Crippen LogP contribution in [-0.4, -0.2) is 66.8 Å². The van der Waals surface area contributed by atoms with Crippen LogP contribution >= 0.6 is 0 Å². The number of benzene rings is 1. The molecule has 1 aliphatic rings. The van der Waals surface area contributed by atoms with Gasteiger partial charge in [-0.2, -0.15) is 4.98 Å². The minimum Gasteiger partial charge on any atom is -0.337 e. The number of primary sulfonamides is 1. The second-order valence-corrected chi connectivity index (χ2v) is 8.33. The molecule has 9 heteroatoms. The van der Waals surface area contributed by atoms with Crippen molar-refractivity contribution in [2.45, 2.75) is 19.4 Å². The lowest BCUT2D eigenvalue weighted by atomic mass is 10.2. The van der Waals surface area contributed by atoms with Crippen LogP contribution in [0, 0.1) is 0 Å². The zero-order chi connectivity index (χ0) is 18.6. The minimum absolute atomic E-state index is 0.0356. The van der Waals surface area contributed by atoms with E-state index in [1.807, 2.05) is 30.3 Å². The highest BCUT2D eigenvalue weighted by molar-refractivity contribution is 7.89. The van der Waals surface area contributed by atoms with Gasteiger partial charge in [0.2, 0.25) is 21.7 Å². The highest BCUT2D eigenvalue weighted by Gasteiger charge is 2.26. The summed E-state index contributed by atoms with van der Waals surface area (Å²) in [5.74, 6) is 1.26. The van der Waals surface area contributed by atoms with Crippen LogP contribution in [0.25, 0.3) is 11.4 Å². The molecule has 1 aromatic carbocycles. The topological polar surface area (TPSA) is 106 Å². The number of hydrogen-bond acceptors (Lipinski definition) is 7. The predicted molar refractivity (Wildman–Crippen MR) is 98.8 cm³/mol. The first-order valence-corrected chi connectivity index (χ1v) is 10.5. The van der Waals surface area contributed by atoms with E-state index in [4.69, 9.17) is 9.66 Å². The predicted octanol–water partition coefficient (Wildman–Crippen LogP) is 1.09. The lowest BCUT2D eigenvalue weighted by Gasteiger charge is -2.36. The van der Waals surface area contributed by atoms with E-state index in [1.165, 1.54) is 0 Å². The van der Waals surface area contributed by atoms with Gasteiger partial charge in [-0.1, -0.05) is 35.5 Å². The van der Waals surface area contributed by atoms with E-state index < -0.39 is 10.0 Å². The molecule has 2 heterocycles. The highest BCUT2D eigenvalue weighted by Crippen LogP contribution is 2.23. The van der Waals surface area contributed by atoms with E-state index >= 15 is 0 Å². The third-order valence-corrected chi connectivity index (χ3v) is 5.55. The van der Waals surface area contributed by atoms with Gasteiger partial charge >= 0.3 is 0 Å². The van der Waals surface area contributed by atoms with Crippen molar-refractivity contribution in [2.24, 2.45) is 5.14 Å². The Morgan fingerprint density at radius 2 is 1.88 bits per heavy atom. The minimum atomic E-state index is -3.37. The van der Waals surface area contributed by atoms with Crippen LogP contribution < -0.4 is 5.14 Å². The molecule has 1 atom stereocenters. The Morgan fingerprint density at radius 3 is 2.54 bits per heavy atom. The van der Waals surface area contributed by atoms with Crippen LogP contribution in [0.4, 0.5) is 0 Å². The van der Waals surface area contributed by atoms with Gasteiger partial charge in [0, 0.05) is 31.7 Å². The maximum absolute atomic E-state index is 11.0. The summed E-state index contributed by atoms with van der Waals surface area (Å²) in [6, 6.07) is 9.81. The van der Waals surface area contributed by atoms with Crippen LogP contribution in [0.1, 0.15) is 25.3 Å². The Kier molecular flexibility index (Phi) is 6.02. The number of hydrogen-bond donors (Lipinski definition) is 1. The number of sulfonamides is 1. The molecule has 142 valence electrons. The first-order chi connectivity index (χ1) is 12.4. The molecule has 0 amide bonds. The van der Waals surface area contributed by atoms with E-state index in [-0.39, 0.29) is 11.8 Å². The third kappa shape index (κ3) is 5.10. The molecule has 0 saturated carbocycles. The van der Waals surface area contributed by atoms with E-state index in [9.17, 15) is 8.42 Å². The van der Waals surface area contributed by atoms with Crippen molar-refractivity contribution >= 4 is 10.0 Å². The normalized spacial score (nSPS) is 18.1. The van der Waals surface area contributed by atoms with Gasteiger partial charge < -0.3 is 9.42 Å². The number of piperazine rings is 1. The van der Waals surface area contributed by atoms with Gasteiger partial charge in [0.05, 0.1) is 11.8 Å². The first kappa shape index (κ1) is 19.0. The second-order valence-electron chi connectivity index (χ2n) is 6.60. The summed E-state index contributed by atoms with van der Waals surface area (Å²) in [5, 5.41) is 9.13. The van der Waals surface area contributed by atoms with Gasteiger partial charge in [-0.05, 0) is 19.9 Å². The maximum Gasteiger partial charge on any atom is 0.244 e. The lowest BCUT2D eigenvalue weighted by Crippen LogP contribution is -2.47. The van der Waals surface area contributed by atoms with E-state index in [2.05, 4.69) is 26.9 Å². The summed E-state index contributed by atoms with van der Waals surface area (Å²) in [6.07, 6.45) is 0.568. The van der Waals surface area contributed by atoms with Crippen molar-refractivity contribution in [3.8, 4) is 11.4 Å². The molecule has 0 bridgehead atoms. The van der Waals surface area contributed by atoms with Gasteiger partial charge in [0.1, 0.15) is 0 Å². The van der Waals surface area contributed by atoms with E-state index in [0.29, 0.717) is 18.1 Å². The van der Waals surface area contributed by atoms with Gasteiger partial charge in [-0.15, -0.1) is 0 Å². The van der Waals surface area contributed by atoms with Gasteiger partial charge in [0.25, 0.3) is 0 Å². The quantitative estimate of drug-likeness (QED) is 0.768. The number of aromatic nitrogens is 2.